The summed E-state index contributed by atoms with van der Waals surface area (Å²) in [5.74, 6) is 1.59. The number of anilines is 1. The number of nitriles is 1. The lowest BCUT2D eigenvalue weighted by atomic mass is 9.76. The van der Waals surface area contributed by atoms with E-state index in [-0.39, 0.29) is 25.0 Å². The number of aliphatic hydroxyl groups excluding tert-OH is 1. The highest BCUT2D eigenvalue weighted by Gasteiger charge is 2.53. The van der Waals surface area contributed by atoms with E-state index in [1.54, 1.807) is 0 Å². The quantitative estimate of drug-likeness (QED) is 0.640. The molecule has 0 aromatic carbocycles. The van der Waals surface area contributed by atoms with Crippen LogP contribution in [0, 0.1) is 17.2 Å². The summed E-state index contributed by atoms with van der Waals surface area (Å²) < 4.78 is 12.6. The molecule has 4 aliphatic rings. The van der Waals surface area contributed by atoms with Gasteiger partial charge in [-0.05, 0) is 65.4 Å². The van der Waals surface area contributed by atoms with Crippen LogP contribution in [0.2, 0.25) is 0 Å². The monoisotopic (exact) mass is 466 g/mol. The van der Waals surface area contributed by atoms with Crippen molar-refractivity contribution in [2.24, 2.45) is 5.92 Å². The zero-order chi connectivity index (χ0) is 24.3. The second kappa shape index (κ2) is 8.51. The summed E-state index contributed by atoms with van der Waals surface area (Å²) in [6.45, 7) is 9.90. The van der Waals surface area contributed by atoms with Gasteiger partial charge in [0.05, 0.1) is 29.4 Å². The van der Waals surface area contributed by atoms with E-state index < -0.39 is 18.3 Å². The van der Waals surface area contributed by atoms with Gasteiger partial charge < -0.3 is 24.2 Å². The molecule has 2 saturated heterocycles. The third-order valence-corrected chi connectivity index (χ3v) is 8.18. The molecule has 182 valence electrons. The molecule has 1 N–H and O–H groups in total. The Morgan fingerprint density at radius 2 is 1.88 bits per heavy atom. The number of nitrogens with zero attached hydrogens (tertiary/aromatic N) is 4. The van der Waals surface area contributed by atoms with Crippen molar-refractivity contribution in [1.29, 1.82) is 5.26 Å². The van der Waals surface area contributed by atoms with Gasteiger partial charge in [0, 0.05) is 43.1 Å². The number of pyridine rings is 1. The predicted molar refractivity (Wildman–Crippen MR) is 129 cm³/mol. The zero-order valence-electron chi connectivity index (χ0n) is 20.7. The van der Waals surface area contributed by atoms with Gasteiger partial charge in [-0.15, -0.1) is 0 Å². The van der Waals surface area contributed by atoms with Gasteiger partial charge in [0.25, 0.3) is 0 Å². The Balaban J connectivity index is 1.46. The molecule has 34 heavy (non-hydrogen) atoms. The van der Waals surface area contributed by atoms with Crippen LogP contribution in [0.1, 0.15) is 77.0 Å². The van der Waals surface area contributed by atoms with E-state index >= 15 is 0 Å². The highest BCUT2D eigenvalue weighted by Crippen LogP contribution is 2.43. The topological polar surface area (TPSA) is 98.9 Å². The molecule has 2 aliphatic carbocycles. The molecule has 9 heteroatoms. The normalized spacial score (nSPS) is 26.0. The Labute approximate surface area is 202 Å². The number of carbonyl (C=O) groups is 1. The van der Waals surface area contributed by atoms with Gasteiger partial charge in [0.15, 0.2) is 0 Å². The SMILES string of the molecule is CC1(C)OB(c2cc(C#N)c(N3CCN(C(=O)CCO)C(C4CC4)C3)nc2C2CC2)OC1(C)C. The van der Waals surface area contributed by atoms with Crippen molar-refractivity contribution < 1.29 is 19.2 Å². The van der Waals surface area contributed by atoms with Crippen LogP contribution >= 0.6 is 0 Å². The second-order valence-corrected chi connectivity index (χ2v) is 11.2. The van der Waals surface area contributed by atoms with Crippen LogP contribution in [0.15, 0.2) is 6.07 Å². The Hall–Kier alpha value is -2.15. The van der Waals surface area contributed by atoms with Crippen molar-refractivity contribution >= 4 is 24.3 Å². The van der Waals surface area contributed by atoms with Gasteiger partial charge in [-0.25, -0.2) is 4.98 Å². The molecule has 4 fully saturated rings. The van der Waals surface area contributed by atoms with Crippen molar-refractivity contribution in [2.45, 2.75) is 83.0 Å². The number of piperazine rings is 1. The predicted octanol–water partition coefficient (Wildman–Crippen LogP) is 1.94. The van der Waals surface area contributed by atoms with E-state index in [0.29, 0.717) is 42.9 Å². The maximum absolute atomic E-state index is 12.6. The summed E-state index contributed by atoms with van der Waals surface area (Å²) in [4.78, 5) is 21.8. The smallest absolute Gasteiger partial charge is 0.399 e. The molecule has 8 nitrogen and oxygen atoms in total. The first-order valence-corrected chi connectivity index (χ1v) is 12.6. The lowest BCUT2D eigenvalue weighted by molar-refractivity contribution is -0.135. The van der Waals surface area contributed by atoms with Crippen molar-refractivity contribution in [3.63, 3.8) is 0 Å². The van der Waals surface area contributed by atoms with Crippen molar-refractivity contribution in [3.05, 3.63) is 17.3 Å². The third-order valence-electron chi connectivity index (χ3n) is 8.18. The van der Waals surface area contributed by atoms with E-state index in [4.69, 9.17) is 14.3 Å². The first-order valence-electron chi connectivity index (χ1n) is 12.6. The molecule has 0 spiro atoms. The number of hydrogen-bond donors (Lipinski definition) is 1. The van der Waals surface area contributed by atoms with Gasteiger partial charge in [0.2, 0.25) is 5.91 Å². The van der Waals surface area contributed by atoms with Crippen LogP contribution in [-0.4, -0.2) is 71.5 Å². The Morgan fingerprint density at radius 3 is 2.44 bits per heavy atom. The minimum Gasteiger partial charge on any atom is -0.399 e. The molecule has 1 aromatic heterocycles. The zero-order valence-corrected chi connectivity index (χ0v) is 20.7. The van der Waals surface area contributed by atoms with Crippen LogP contribution in [0.3, 0.4) is 0 Å². The first kappa shape index (κ1) is 23.6. The Kier molecular flexibility index (Phi) is 5.90. The first-order chi connectivity index (χ1) is 16.1. The highest BCUT2D eigenvalue weighted by molar-refractivity contribution is 6.62. The number of carbonyl (C=O) groups excluding carboxylic acids is 1. The average Bonchev–Trinajstić information content (AvgIpc) is 3.70. The number of rotatable bonds is 6. The number of aromatic nitrogens is 1. The average molecular weight is 466 g/mol. The van der Waals surface area contributed by atoms with Crippen LogP contribution in [0.25, 0.3) is 0 Å². The number of hydrogen-bond acceptors (Lipinski definition) is 7. The molecule has 3 heterocycles. The third kappa shape index (κ3) is 4.21. The largest absolute Gasteiger partial charge is 0.496 e. The molecule has 0 radical (unpaired) electrons. The molecule has 2 saturated carbocycles. The molecule has 1 atom stereocenters. The van der Waals surface area contributed by atoms with Gasteiger partial charge in [-0.3, -0.25) is 4.79 Å². The van der Waals surface area contributed by atoms with Crippen LogP contribution in [0.4, 0.5) is 5.82 Å². The van der Waals surface area contributed by atoms with E-state index in [0.717, 1.165) is 36.8 Å². The van der Waals surface area contributed by atoms with Crippen molar-refractivity contribution in [1.82, 2.24) is 9.88 Å². The summed E-state index contributed by atoms with van der Waals surface area (Å²) in [7, 11) is -0.540. The summed E-state index contributed by atoms with van der Waals surface area (Å²) in [6.07, 6.45) is 4.57. The van der Waals surface area contributed by atoms with E-state index in [1.807, 2.05) is 38.7 Å². The summed E-state index contributed by atoms with van der Waals surface area (Å²) >= 11 is 0. The van der Waals surface area contributed by atoms with Crippen LogP contribution in [0.5, 0.6) is 0 Å². The summed E-state index contributed by atoms with van der Waals surface area (Å²) in [5.41, 5.74) is 1.46. The highest BCUT2D eigenvalue weighted by atomic mass is 16.7. The fourth-order valence-corrected chi connectivity index (χ4v) is 5.13. The van der Waals surface area contributed by atoms with Gasteiger partial charge in [-0.1, -0.05) is 0 Å². The fraction of sp³-hybridized carbons (Fsp3) is 0.720. The Bertz CT molecular complexity index is 999. The fourth-order valence-electron chi connectivity index (χ4n) is 5.13. The maximum Gasteiger partial charge on any atom is 0.496 e. The molecular formula is C25H35BN4O4. The summed E-state index contributed by atoms with van der Waals surface area (Å²) in [5, 5.41) is 19.3. The summed E-state index contributed by atoms with van der Waals surface area (Å²) in [6, 6.07) is 4.40. The minimum atomic E-state index is -0.540. The molecular weight excluding hydrogens is 431 g/mol. The van der Waals surface area contributed by atoms with Gasteiger partial charge in [0.1, 0.15) is 11.9 Å². The minimum absolute atomic E-state index is 0.0160. The van der Waals surface area contributed by atoms with Crippen molar-refractivity contribution in [3.8, 4) is 6.07 Å². The Morgan fingerprint density at radius 1 is 1.21 bits per heavy atom. The van der Waals surface area contributed by atoms with Crippen molar-refractivity contribution in [2.75, 3.05) is 31.1 Å². The lowest BCUT2D eigenvalue weighted by Crippen LogP contribution is -2.56. The van der Waals surface area contributed by atoms with Gasteiger partial charge >= 0.3 is 7.12 Å². The molecule has 2 aliphatic heterocycles. The molecule has 0 bridgehead atoms. The van der Waals surface area contributed by atoms with Crippen LogP contribution < -0.4 is 10.4 Å². The van der Waals surface area contributed by atoms with Gasteiger partial charge in [-0.2, -0.15) is 5.26 Å². The molecule has 5 rings (SSSR count). The van der Waals surface area contributed by atoms with Crippen LogP contribution in [-0.2, 0) is 14.1 Å². The number of aliphatic hydroxyl groups is 1. The second-order valence-electron chi connectivity index (χ2n) is 11.2. The number of amides is 1. The lowest BCUT2D eigenvalue weighted by Gasteiger charge is -2.42. The molecule has 1 aromatic rings. The van der Waals surface area contributed by atoms with E-state index in [2.05, 4.69) is 11.0 Å². The molecule has 1 unspecified atom stereocenters. The van der Waals surface area contributed by atoms with E-state index in [1.165, 1.54) is 0 Å². The molecule has 1 amide bonds. The maximum atomic E-state index is 12.6. The standard InChI is InChI=1S/C25H35BN4O4/c1-24(2)25(3,4)34-26(33-24)19-13-18(14-27)23(28-22(19)17-7-8-17)29-10-11-30(21(32)9-12-31)20(15-29)16-5-6-16/h13,16-17,20,31H,5-12,15H2,1-4H3. The van der Waals surface area contributed by atoms with E-state index in [9.17, 15) is 15.2 Å².